The van der Waals surface area contributed by atoms with Crippen LogP contribution in [0, 0.1) is 17.1 Å². The van der Waals surface area contributed by atoms with E-state index < -0.39 is 11.8 Å². The molecule has 2 aromatic carbocycles. The van der Waals surface area contributed by atoms with Gasteiger partial charge in [0.2, 0.25) is 5.88 Å². The van der Waals surface area contributed by atoms with Gasteiger partial charge in [0.15, 0.2) is 0 Å². The maximum absolute atomic E-state index is 15.4. The van der Waals surface area contributed by atoms with E-state index in [9.17, 15) is 9.90 Å². The van der Waals surface area contributed by atoms with Crippen LogP contribution in [-0.4, -0.2) is 43.3 Å². The Balaban J connectivity index is 1.22. The van der Waals surface area contributed by atoms with Gasteiger partial charge in [0.25, 0.3) is 0 Å². The maximum Gasteiger partial charge on any atom is 0.335 e. The third-order valence-electron chi connectivity index (χ3n) is 6.98. The third kappa shape index (κ3) is 5.62. The fraction of sp³-hybridized carbons (Fsp3) is 0.194. The number of nitriles is 1. The topological polar surface area (TPSA) is 123 Å². The second-order valence-electron chi connectivity index (χ2n) is 9.73. The first-order valence-electron chi connectivity index (χ1n) is 13.0. The molecule has 41 heavy (non-hydrogen) atoms. The molecule has 9 nitrogen and oxygen atoms in total. The highest BCUT2D eigenvalue weighted by Gasteiger charge is 2.23. The Morgan fingerprint density at radius 1 is 1.12 bits per heavy atom. The van der Waals surface area contributed by atoms with Crippen molar-refractivity contribution < 1.29 is 23.8 Å². The van der Waals surface area contributed by atoms with Crippen molar-refractivity contribution in [2.45, 2.75) is 32.1 Å². The standard InChI is InChI=1S/C31H24FN5O4/c32-25-12-19(13-29-35-27-9-6-21(31(38)39)14-28(27)37(29)17-23-10-11-40-23)5-8-24(25)26-2-1-3-30(36-26)41-18-20-4-7-22(15-33)34-16-20/h1-9,12,14,16,23H,10-11,13,17-18H2,(H,38,39)/t23-/m0/s1. The van der Waals surface area contributed by atoms with Crippen LogP contribution >= 0.6 is 0 Å². The van der Waals surface area contributed by atoms with Crippen molar-refractivity contribution in [1.82, 2.24) is 19.5 Å². The first kappa shape index (κ1) is 26.1. The molecule has 1 fully saturated rings. The van der Waals surface area contributed by atoms with Gasteiger partial charge in [0.05, 0.1) is 34.9 Å². The van der Waals surface area contributed by atoms with Gasteiger partial charge in [-0.1, -0.05) is 18.2 Å². The number of aromatic carboxylic acids is 1. The number of benzene rings is 2. The number of carboxylic acids is 1. The van der Waals surface area contributed by atoms with Gasteiger partial charge >= 0.3 is 5.97 Å². The summed E-state index contributed by atoms with van der Waals surface area (Å²) >= 11 is 0. The van der Waals surface area contributed by atoms with E-state index in [1.807, 2.05) is 16.7 Å². The zero-order valence-corrected chi connectivity index (χ0v) is 21.8. The van der Waals surface area contributed by atoms with Crippen LogP contribution in [0.15, 0.2) is 72.9 Å². The maximum atomic E-state index is 15.4. The molecule has 4 heterocycles. The fourth-order valence-corrected chi connectivity index (χ4v) is 4.71. The molecule has 1 aliphatic rings. The molecular formula is C31H24FN5O4. The Labute approximate surface area is 234 Å². The van der Waals surface area contributed by atoms with Crippen molar-refractivity contribution in [2.75, 3.05) is 6.61 Å². The van der Waals surface area contributed by atoms with Crippen molar-refractivity contribution >= 4 is 17.0 Å². The van der Waals surface area contributed by atoms with Gasteiger partial charge in [-0.25, -0.2) is 24.1 Å². The van der Waals surface area contributed by atoms with E-state index in [0.717, 1.165) is 17.5 Å². The molecule has 0 unspecified atom stereocenters. The Morgan fingerprint density at radius 3 is 2.68 bits per heavy atom. The van der Waals surface area contributed by atoms with Crippen LogP contribution in [0.3, 0.4) is 0 Å². The highest BCUT2D eigenvalue weighted by Crippen LogP contribution is 2.27. The number of fused-ring (bicyclic) bond motifs is 1. The summed E-state index contributed by atoms with van der Waals surface area (Å²) in [4.78, 5) is 24.8. The van der Waals surface area contributed by atoms with E-state index in [-0.39, 0.29) is 18.3 Å². The van der Waals surface area contributed by atoms with Crippen molar-refractivity contribution in [2.24, 2.45) is 0 Å². The average molecular weight is 550 g/mol. The smallest absolute Gasteiger partial charge is 0.335 e. The molecule has 1 N–H and O–H groups in total. The summed E-state index contributed by atoms with van der Waals surface area (Å²) in [6.45, 7) is 1.45. The minimum absolute atomic E-state index is 0.0347. The molecule has 3 aromatic heterocycles. The molecule has 1 atom stereocenters. The Bertz CT molecular complexity index is 1790. The lowest BCUT2D eigenvalue weighted by Gasteiger charge is -2.27. The molecule has 0 bridgehead atoms. The lowest BCUT2D eigenvalue weighted by atomic mass is 10.1. The van der Waals surface area contributed by atoms with E-state index in [2.05, 4.69) is 9.97 Å². The van der Waals surface area contributed by atoms with Gasteiger partial charge in [-0.3, -0.25) is 0 Å². The van der Waals surface area contributed by atoms with Crippen LogP contribution in [0.1, 0.15) is 39.4 Å². The van der Waals surface area contributed by atoms with Crippen LogP contribution in [0.5, 0.6) is 5.88 Å². The molecule has 204 valence electrons. The van der Waals surface area contributed by atoms with Gasteiger partial charge < -0.3 is 19.1 Å². The minimum Gasteiger partial charge on any atom is -0.478 e. The monoisotopic (exact) mass is 549 g/mol. The van der Waals surface area contributed by atoms with Crippen molar-refractivity contribution in [1.29, 1.82) is 5.26 Å². The predicted molar refractivity (Wildman–Crippen MR) is 147 cm³/mol. The number of hydrogen-bond donors (Lipinski definition) is 1. The number of carboxylic acid groups (broad SMARTS) is 1. The number of imidazole rings is 1. The van der Waals surface area contributed by atoms with Crippen LogP contribution in [-0.2, 0) is 24.3 Å². The Morgan fingerprint density at radius 2 is 1.98 bits per heavy atom. The van der Waals surface area contributed by atoms with Crippen LogP contribution in [0.4, 0.5) is 4.39 Å². The molecule has 1 saturated heterocycles. The van der Waals surface area contributed by atoms with Crippen molar-refractivity contribution in [3.63, 3.8) is 0 Å². The van der Waals surface area contributed by atoms with Crippen LogP contribution in [0.25, 0.3) is 22.3 Å². The van der Waals surface area contributed by atoms with E-state index in [1.54, 1.807) is 54.7 Å². The number of hydrogen-bond acceptors (Lipinski definition) is 7. The van der Waals surface area contributed by atoms with E-state index >= 15 is 4.39 Å². The number of aromatic nitrogens is 4. The molecule has 1 aliphatic heterocycles. The second-order valence-corrected chi connectivity index (χ2v) is 9.73. The molecule has 0 aliphatic carbocycles. The predicted octanol–water partition coefficient (Wildman–Crippen LogP) is 5.16. The highest BCUT2D eigenvalue weighted by molar-refractivity contribution is 5.92. The molecule has 6 rings (SSSR count). The first-order valence-corrected chi connectivity index (χ1v) is 13.0. The Hall–Kier alpha value is -5.14. The summed E-state index contributed by atoms with van der Waals surface area (Å²) in [6.07, 6.45) is 2.88. The summed E-state index contributed by atoms with van der Waals surface area (Å²) in [5.74, 6) is -0.395. The van der Waals surface area contributed by atoms with Gasteiger partial charge in [-0.15, -0.1) is 0 Å². The number of halogens is 1. The summed E-state index contributed by atoms with van der Waals surface area (Å²) in [5.41, 5.74) is 4.16. The number of rotatable bonds is 9. The second kappa shape index (κ2) is 11.2. The fourth-order valence-electron chi connectivity index (χ4n) is 4.71. The highest BCUT2D eigenvalue weighted by atomic mass is 19.1. The Kier molecular flexibility index (Phi) is 7.10. The summed E-state index contributed by atoms with van der Waals surface area (Å²) < 4.78 is 28.8. The van der Waals surface area contributed by atoms with Gasteiger partial charge in [0, 0.05) is 36.4 Å². The molecule has 0 radical (unpaired) electrons. The largest absolute Gasteiger partial charge is 0.478 e. The zero-order chi connectivity index (χ0) is 28.3. The van der Waals surface area contributed by atoms with Crippen LogP contribution < -0.4 is 4.74 Å². The summed E-state index contributed by atoms with van der Waals surface area (Å²) in [5, 5.41) is 18.4. The number of nitrogens with zero attached hydrogens (tertiary/aromatic N) is 5. The minimum atomic E-state index is -1.01. The first-order chi connectivity index (χ1) is 20.0. The molecule has 10 heteroatoms. The number of pyridine rings is 2. The van der Waals surface area contributed by atoms with Crippen molar-refractivity contribution in [3.8, 4) is 23.2 Å². The third-order valence-corrected chi connectivity index (χ3v) is 6.98. The summed E-state index contributed by atoms with van der Waals surface area (Å²) in [6, 6.07) is 20.3. The SMILES string of the molecule is N#Cc1ccc(COc2cccc(-c3ccc(Cc4nc5ccc(C(=O)O)cc5n4C[C@@H]4CCO4)cc3F)n2)cn1. The average Bonchev–Trinajstić information content (AvgIpc) is 3.30. The normalized spacial score (nSPS) is 14.4. The van der Waals surface area contributed by atoms with Gasteiger partial charge in [-0.05, 0) is 54.4 Å². The lowest BCUT2D eigenvalue weighted by molar-refractivity contribution is -0.0589. The van der Waals surface area contributed by atoms with Crippen LogP contribution in [0.2, 0.25) is 0 Å². The number of ether oxygens (including phenoxy) is 2. The summed E-state index contributed by atoms with van der Waals surface area (Å²) in [7, 11) is 0. The van der Waals surface area contributed by atoms with E-state index in [4.69, 9.17) is 19.7 Å². The molecule has 0 amide bonds. The number of carbonyl (C=O) groups is 1. The van der Waals surface area contributed by atoms with E-state index in [1.165, 1.54) is 12.1 Å². The molecule has 0 spiro atoms. The quantitative estimate of drug-likeness (QED) is 0.267. The molecule has 5 aromatic rings. The van der Waals surface area contributed by atoms with Gasteiger partial charge in [0.1, 0.15) is 30.0 Å². The van der Waals surface area contributed by atoms with Gasteiger partial charge in [-0.2, -0.15) is 5.26 Å². The lowest BCUT2D eigenvalue weighted by Crippen LogP contribution is -2.31. The zero-order valence-electron chi connectivity index (χ0n) is 21.8. The molecule has 0 saturated carbocycles. The molecular weight excluding hydrogens is 525 g/mol. The van der Waals surface area contributed by atoms with Crippen molar-refractivity contribution in [3.05, 3.63) is 107 Å². The van der Waals surface area contributed by atoms with E-state index in [0.29, 0.717) is 59.3 Å².